The van der Waals surface area contributed by atoms with Crippen molar-refractivity contribution >= 4 is 8.45 Å². The molecule has 1 saturated heterocycles. The summed E-state index contributed by atoms with van der Waals surface area (Å²) in [5.41, 5.74) is 4.84. The van der Waals surface area contributed by atoms with Crippen LogP contribution in [0, 0.1) is 0 Å². The van der Waals surface area contributed by atoms with Crippen molar-refractivity contribution in [2.24, 2.45) is 0 Å². The summed E-state index contributed by atoms with van der Waals surface area (Å²) in [6.07, 6.45) is 0.893. The van der Waals surface area contributed by atoms with Crippen LogP contribution in [0.2, 0.25) is 0 Å². The first kappa shape index (κ1) is 22.0. The van der Waals surface area contributed by atoms with Crippen LogP contribution in [0.4, 0.5) is 0 Å². The molecule has 1 aliphatic rings. The Balaban J connectivity index is 1.55. The van der Waals surface area contributed by atoms with Crippen LogP contribution < -0.4 is 4.89 Å². The fraction of sp³-hybridized carbons (Fsp3) is 0.172. The second-order valence-electron chi connectivity index (χ2n) is 8.60. The summed E-state index contributed by atoms with van der Waals surface area (Å²) in [6.45, 7) is 1.34. The maximum Gasteiger partial charge on any atom is 0.0951 e. The monoisotopic (exact) mass is 452 g/mol. The van der Waals surface area contributed by atoms with Crippen LogP contribution in [0.3, 0.4) is 0 Å². The number of rotatable bonds is 6. The van der Waals surface area contributed by atoms with Crippen molar-refractivity contribution < 1.29 is 4.89 Å². The van der Waals surface area contributed by atoms with E-state index in [9.17, 15) is 4.89 Å². The molecule has 4 heteroatoms. The minimum Gasteiger partial charge on any atom is -0.652 e. The molecule has 0 N–H and O–H groups in total. The molecule has 1 heterocycles. The fourth-order valence-corrected chi connectivity index (χ4v) is 6.80. The van der Waals surface area contributed by atoms with Gasteiger partial charge in [0.15, 0.2) is 0 Å². The predicted molar refractivity (Wildman–Crippen MR) is 135 cm³/mol. The second-order valence-corrected chi connectivity index (χ2v) is 10.3. The van der Waals surface area contributed by atoms with E-state index in [1.807, 2.05) is 24.3 Å². The summed E-state index contributed by atoms with van der Waals surface area (Å²) in [7, 11) is -2.24. The molecule has 1 fully saturated rings. The molecule has 4 aromatic carbocycles. The molecule has 0 aromatic heterocycles. The molecular weight excluding hydrogens is 423 g/mol. The lowest BCUT2D eigenvalue weighted by Gasteiger charge is -2.48. The molecule has 5 rings (SSSR count). The third-order valence-electron chi connectivity index (χ3n) is 6.45. The van der Waals surface area contributed by atoms with E-state index in [0.717, 1.165) is 6.42 Å². The van der Waals surface area contributed by atoms with E-state index in [1.54, 1.807) is 0 Å². The Kier molecular flexibility index (Phi) is 6.95. The van der Waals surface area contributed by atoms with E-state index in [1.165, 1.54) is 22.3 Å². The van der Waals surface area contributed by atoms with Crippen molar-refractivity contribution in [1.29, 1.82) is 0 Å². The van der Waals surface area contributed by atoms with Gasteiger partial charge in [0.25, 0.3) is 0 Å². The molecule has 0 spiro atoms. The van der Waals surface area contributed by atoms with E-state index >= 15 is 0 Å². The SMILES string of the molecule is [O-][PH+]1N(Cc2ccccc2)C(c2ccccc2)CC(c2ccccc2)N1Cc1ccccc1. The summed E-state index contributed by atoms with van der Waals surface area (Å²) in [6, 6.07) is 42.1. The van der Waals surface area contributed by atoms with Crippen LogP contribution >= 0.6 is 8.45 Å². The van der Waals surface area contributed by atoms with Gasteiger partial charge < -0.3 is 4.89 Å². The molecule has 0 bridgehead atoms. The Labute approximate surface area is 197 Å². The topological polar surface area (TPSA) is 29.5 Å². The Hall–Kier alpha value is -2.81. The molecule has 0 saturated carbocycles. The molecule has 3 nitrogen and oxygen atoms in total. The lowest BCUT2D eigenvalue weighted by molar-refractivity contribution is -0.193. The first-order chi connectivity index (χ1) is 16.3. The van der Waals surface area contributed by atoms with Crippen LogP contribution in [0.1, 0.15) is 40.8 Å². The van der Waals surface area contributed by atoms with Gasteiger partial charge in [-0.05, 0) is 28.7 Å². The molecule has 0 radical (unpaired) electrons. The van der Waals surface area contributed by atoms with Gasteiger partial charge in [-0.25, -0.2) is 0 Å². The summed E-state index contributed by atoms with van der Waals surface area (Å²) >= 11 is 0. The first-order valence-electron chi connectivity index (χ1n) is 11.5. The van der Waals surface area contributed by atoms with Crippen molar-refractivity contribution in [2.45, 2.75) is 31.6 Å². The summed E-state index contributed by atoms with van der Waals surface area (Å²) in [5, 5.41) is 0. The van der Waals surface area contributed by atoms with E-state index in [-0.39, 0.29) is 12.1 Å². The zero-order valence-corrected chi connectivity index (χ0v) is 19.6. The molecular formula is C29H29N2OP. The van der Waals surface area contributed by atoms with E-state index in [2.05, 4.69) is 106 Å². The third kappa shape index (κ3) is 5.08. The minimum atomic E-state index is -2.24. The van der Waals surface area contributed by atoms with E-state index in [4.69, 9.17) is 0 Å². The lowest BCUT2D eigenvalue weighted by Crippen LogP contribution is -2.43. The molecule has 2 unspecified atom stereocenters. The van der Waals surface area contributed by atoms with Gasteiger partial charge in [0.1, 0.15) is 0 Å². The van der Waals surface area contributed by atoms with Crippen molar-refractivity contribution in [3.63, 3.8) is 0 Å². The van der Waals surface area contributed by atoms with Crippen molar-refractivity contribution in [2.75, 3.05) is 0 Å². The number of nitrogens with zero attached hydrogens (tertiary/aromatic N) is 2. The summed E-state index contributed by atoms with van der Waals surface area (Å²) < 4.78 is 4.47. The Bertz CT molecular complexity index is 1030. The lowest BCUT2D eigenvalue weighted by atomic mass is 9.94. The molecule has 33 heavy (non-hydrogen) atoms. The minimum absolute atomic E-state index is 0.0926. The predicted octanol–water partition coefficient (Wildman–Crippen LogP) is 6.20. The normalized spacial score (nSPS) is 21.7. The van der Waals surface area contributed by atoms with Crippen molar-refractivity contribution in [3.05, 3.63) is 144 Å². The van der Waals surface area contributed by atoms with Crippen molar-refractivity contribution in [3.8, 4) is 0 Å². The number of hydrogen-bond donors (Lipinski definition) is 0. The average Bonchev–Trinajstić information content (AvgIpc) is 2.89. The Morgan fingerprint density at radius 3 is 1.24 bits per heavy atom. The molecule has 166 valence electrons. The van der Waals surface area contributed by atoms with Crippen LogP contribution in [-0.2, 0) is 13.1 Å². The third-order valence-corrected chi connectivity index (χ3v) is 8.37. The smallest absolute Gasteiger partial charge is 0.0951 e. The Morgan fingerprint density at radius 2 is 0.879 bits per heavy atom. The van der Waals surface area contributed by atoms with Crippen molar-refractivity contribution in [1.82, 2.24) is 9.34 Å². The highest BCUT2D eigenvalue weighted by molar-refractivity contribution is 7.44. The van der Waals surface area contributed by atoms with Crippen LogP contribution in [0.25, 0.3) is 0 Å². The van der Waals surface area contributed by atoms with Gasteiger partial charge in [-0.3, -0.25) is 0 Å². The molecule has 1 aliphatic heterocycles. The number of hydrogen-bond acceptors (Lipinski definition) is 3. The van der Waals surface area contributed by atoms with Gasteiger partial charge in [0.2, 0.25) is 0 Å². The highest BCUT2D eigenvalue weighted by Gasteiger charge is 2.43. The molecule has 0 aliphatic carbocycles. The zero-order chi connectivity index (χ0) is 22.5. The molecule has 2 atom stereocenters. The summed E-state index contributed by atoms with van der Waals surface area (Å²) in [4.78, 5) is 14.3. The van der Waals surface area contributed by atoms with Crippen LogP contribution in [-0.4, -0.2) is 9.34 Å². The highest BCUT2D eigenvalue weighted by Crippen LogP contribution is 2.56. The molecule has 4 aromatic rings. The first-order valence-corrected chi connectivity index (χ1v) is 12.8. The van der Waals surface area contributed by atoms with Gasteiger partial charge in [0, 0.05) is 0 Å². The maximum atomic E-state index is 14.3. The van der Waals surface area contributed by atoms with Gasteiger partial charge in [0.05, 0.1) is 33.6 Å². The van der Waals surface area contributed by atoms with E-state index < -0.39 is 8.45 Å². The van der Waals surface area contributed by atoms with Crippen LogP contribution in [0.15, 0.2) is 121 Å². The van der Waals surface area contributed by atoms with Crippen LogP contribution in [0.5, 0.6) is 0 Å². The van der Waals surface area contributed by atoms with Gasteiger partial charge in [-0.2, -0.15) is 9.34 Å². The van der Waals surface area contributed by atoms with Gasteiger partial charge in [-0.1, -0.05) is 121 Å². The molecule has 0 amide bonds. The standard InChI is InChI=1S/C29H29N2OP/c32-33-30(22-24-13-5-1-6-14-24)28(26-17-9-3-10-18-26)21-29(27-19-11-4-12-20-27)31(33)23-25-15-7-2-8-16-25/h1-20,28-29,33H,21-23H2. The van der Waals surface area contributed by atoms with Gasteiger partial charge in [-0.15, -0.1) is 0 Å². The number of benzene rings is 4. The largest absolute Gasteiger partial charge is 0.652 e. The maximum absolute atomic E-state index is 14.3. The fourth-order valence-electron chi connectivity index (χ4n) is 4.80. The highest BCUT2D eigenvalue weighted by atomic mass is 31.2. The zero-order valence-electron chi connectivity index (χ0n) is 18.6. The quantitative estimate of drug-likeness (QED) is 0.327. The van der Waals surface area contributed by atoms with Gasteiger partial charge >= 0.3 is 0 Å². The second kappa shape index (κ2) is 10.4. The van der Waals surface area contributed by atoms with E-state index in [0.29, 0.717) is 13.1 Å². The average molecular weight is 453 g/mol. The summed E-state index contributed by atoms with van der Waals surface area (Å²) in [5.74, 6) is 0. The Morgan fingerprint density at radius 1 is 0.545 bits per heavy atom.